The molecule has 0 aliphatic rings. The fourth-order valence-electron chi connectivity index (χ4n) is 1.62. The van der Waals surface area contributed by atoms with Crippen LogP contribution in [0.1, 0.15) is 25.3 Å². The smallest absolute Gasteiger partial charge is 0.224 e. The molecule has 0 saturated heterocycles. The zero-order valence-electron chi connectivity index (χ0n) is 10.5. The van der Waals surface area contributed by atoms with Gasteiger partial charge in [-0.05, 0) is 31.0 Å². The summed E-state index contributed by atoms with van der Waals surface area (Å²) in [5.74, 6) is 0.0797. The van der Waals surface area contributed by atoms with Crippen LogP contribution >= 0.6 is 0 Å². The van der Waals surface area contributed by atoms with Gasteiger partial charge in [0.25, 0.3) is 0 Å². The number of hydrogen-bond acceptors (Lipinski definition) is 2. The molecule has 0 spiro atoms. The Hall–Kier alpha value is -1.51. The highest BCUT2D eigenvalue weighted by molar-refractivity contribution is 5.91. The number of carbonyl (C=O) groups excluding carboxylic acids is 1. The molecule has 1 aromatic rings. The first-order chi connectivity index (χ1) is 7.54. The number of anilines is 2. The lowest BCUT2D eigenvalue weighted by Gasteiger charge is -2.17. The lowest BCUT2D eigenvalue weighted by Crippen LogP contribution is -2.13. The molecule has 0 aromatic heterocycles. The Kier molecular flexibility index (Phi) is 4.35. The number of benzene rings is 1. The third kappa shape index (κ3) is 3.26. The molecule has 0 fully saturated rings. The number of aryl methyl sites for hydroxylation is 1. The van der Waals surface area contributed by atoms with Crippen molar-refractivity contribution < 1.29 is 4.79 Å². The van der Waals surface area contributed by atoms with Crippen LogP contribution in [0.5, 0.6) is 0 Å². The maximum absolute atomic E-state index is 11.5. The minimum atomic E-state index is 0.0797. The monoisotopic (exact) mass is 220 g/mol. The highest BCUT2D eigenvalue weighted by Gasteiger charge is 2.04. The summed E-state index contributed by atoms with van der Waals surface area (Å²) >= 11 is 0. The Balaban J connectivity index is 2.82. The summed E-state index contributed by atoms with van der Waals surface area (Å²) in [6.45, 7) is 4.06. The molecule has 88 valence electrons. The van der Waals surface area contributed by atoms with E-state index in [9.17, 15) is 4.79 Å². The Morgan fingerprint density at radius 3 is 2.62 bits per heavy atom. The first-order valence-electron chi connectivity index (χ1n) is 5.62. The van der Waals surface area contributed by atoms with E-state index in [-0.39, 0.29) is 5.91 Å². The van der Waals surface area contributed by atoms with Gasteiger partial charge >= 0.3 is 0 Å². The van der Waals surface area contributed by atoms with Crippen LogP contribution in [-0.4, -0.2) is 20.0 Å². The number of hydrogen-bond donors (Lipinski definition) is 1. The van der Waals surface area contributed by atoms with Gasteiger partial charge in [0.05, 0.1) is 0 Å². The summed E-state index contributed by atoms with van der Waals surface area (Å²) in [7, 11) is 4.00. The standard InChI is InChI=1S/C13H20N2O/c1-5-6-13(16)14-11-8-7-10(2)12(9-11)15(3)4/h7-9H,5-6H2,1-4H3,(H,14,16). The lowest BCUT2D eigenvalue weighted by atomic mass is 10.1. The topological polar surface area (TPSA) is 32.3 Å². The van der Waals surface area contributed by atoms with E-state index in [0.29, 0.717) is 6.42 Å². The third-order valence-electron chi connectivity index (χ3n) is 2.45. The summed E-state index contributed by atoms with van der Waals surface area (Å²) in [6, 6.07) is 5.97. The first-order valence-corrected chi connectivity index (χ1v) is 5.62. The molecule has 0 unspecified atom stereocenters. The van der Waals surface area contributed by atoms with Gasteiger partial charge in [-0.15, -0.1) is 0 Å². The van der Waals surface area contributed by atoms with Gasteiger partial charge in [0.1, 0.15) is 0 Å². The van der Waals surface area contributed by atoms with Crippen molar-refractivity contribution in [2.75, 3.05) is 24.3 Å². The van der Waals surface area contributed by atoms with E-state index in [1.165, 1.54) is 5.56 Å². The molecular formula is C13H20N2O. The van der Waals surface area contributed by atoms with Crippen LogP contribution in [0.2, 0.25) is 0 Å². The van der Waals surface area contributed by atoms with Crippen molar-refractivity contribution in [3.05, 3.63) is 23.8 Å². The normalized spacial score (nSPS) is 10.0. The van der Waals surface area contributed by atoms with E-state index in [4.69, 9.17) is 0 Å². The SMILES string of the molecule is CCCC(=O)Nc1ccc(C)c(N(C)C)c1. The van der Waals surface area contributed by atoms with Crippen molar-refractivity contribution in [3.63, 3.8) is 0 Å². The molecule has 3 nitrogen and oxygen atoms in total. The molecule has 0 bridgehead atoms. The van der Waals surface area contributed by atoms with Crippen molar-refractivity contribution in [1.29, 1.82) is 0 Å². The van der Waals surface area contributed by atoms with Crippen LogP contribution in [0.25, 0.3) is 0 Å². The minimum Gasteiger partial charge on any atom is -0.377 e. The molecule has 1 amide bonds. The lowest BCUT2D eigenvalue weighted by molar-refractivity contribution is -0.116. The molecule has 0 radical (unpaired) electrons. The van der Waals surface area contributed by atoms with Crippen LogP contribution in [-0.2, 0) is 4.79 Å². The van der Waals surface area contributed by atoms with Gasteiger partial charge in [-0.1, -0.05) is 13.0 Å². The van der Waals surface area contributed by atoms with E-state index in [1.807, 2.05) is 44.1 Å². The molecule has 16 heavy (non-hydrogen) atoms. The zero-order valence-corrected chi connectivity index (χ0v) is 10.5. The fourth-order valence-corrected chi connectivity index (χ4v) is 1.62. The molecule has 3 heteroatoms. The Morgan fingerprint density at radius 1 is 1.38 bits per heavy atom. The highest BCUT2D eigenvalue weighted by atomic mass is 16.1. The maximum atomic E-state index is 11.5. The van der Waals surface area contributed by atoms with E-state index in [2.05, 4.69) is 12.2 Å². The summed E-state index contributed by atoms with van der Waals surface area (Å²) in [5.41, 5.74) is 3.21. The van der Waals surface area contributed by atoms with Gasteiger partial charge in [0.2, 0.25) is 5.91 Å². The Morgan fingerprint density at radius 2 is 2.06 bits per heavy atom. The number of amides is 1. The van der Waals surface area contributed by atoms with Crippen LogP contribution in [0.4, 0.5) is 11.4 Å². The van der Waals surface area contributed by atoms with Crippen LogP contribution in [0, 0.1) is 6.92 Å². The van der Waals surface area contributed by atoms with E-state index in [0.717, 1.165) is 17.8 Å². The van der Waals surface area contributed by atoms with Gasteiger partial charge < -0.3 is 10.2 Å². The van der Waals surface area contributed by atoms with Crippen LogP contribution in [0.15, 0.2) is 18.2 Å². The largest absolute Gasteiger partial charge is 0.377 e. The Labute approximate surface area is 97.5 Å². The Bertz CT molecular complexity index is 372. The number of rotatable bonds is 4. The molecule has 0 heterocycles. The predicted octanol–water partition coefficient (Wildman–Crippen LogP) is 2.80. The number of nitrogens with zero attached hydrogens (tertiary/aromatic N) is 1. The van der Waals surface area contributed by atoms with Crippen molar-refractivity contribution in [2.45, 2.75) is 26.7 Å². The second-order valence-electron chi connectivity index (χ2n) is 4.19. The van der Waals surface area contributed by atoms with Crippen molar-refractivity contribution in [1.82, 2.24) is 0 Å². The molecular weight excluding hydrogens is 200 g/mol. The van der Waals surface area contributed by atoms with Gasteiger partial charge in [0.15, 0.2) is 0 Å². The summed E-state index contributed by atoms with van der Waals surface area (Å²) in [5, 5.41) is 2.90. The molecule has 0 aliphatic carbocycles. The molecule has 1 aromatic carbocycles. The summed E-state index contributed by atoms with van der Waals surface area (Å²) in [6.07, 6.45) is 1.45. The van der Waals surface area contributed by atoms with E-state index < -0.39 is 0 Å². The molecule has 0 atom stereocenters. The first kappa shape index (κ1) is 12.6. The summed E-state index contributed by atoms with van der Waals surface area (Å²) in [4.78, 5) is 13.5. The van der Waals surface area contributed by atoms with Crippen LogP contribution < -0.4 is 10.2 Å². The summed E-state index contributed by atoms with van der Waals surface area (Å²) < 4.78 is 0. The maximum Gasteiger partial charge on any atom is 0.224 e. The van der Waals surface area contributed by atoms with E-state index >= 15 is 0 Å². The quantitative estimate of drug-likeness (QED) is 0.846. The zero-order chi connectivity index (χ0) is 12.1. The fraction of sp³-hybridized carbons (Fsp3) is 0.462. The van der Waals surface area contributed by atoms with Crippen molar-refractivity contribution >= 4 is 17.3 Å². The van der Waals surface area contributed by atoms with Crippen LogP contribution in [0.3, 0.4) is 0 Å². The van der Waals surface area contributed by atoms with E-state index in [1.54, 1.807) is 0 Å². The minimum absolute atomic E-state index is 0.0797. The van der Waals surface area contributed by atoms with Crippen molar-refractivity contribution in [2.24, 2.45) is 0 Å². The number of nitrogens with one attached hydrogen (secondary N) is 1. The third-order valence-corrected chi connectivity index (χ3v) is 2.45. The van der Waals surface area contributed by atoms with Gasteiger partial charge in [-0.25, -0.2) is 0 Å². The highest BCUT2D eigenvalue weighted by Crippen LogP contribution is 2.22. The molecule has 0 saturated carbocycles. The average molecular weight is 220 g/mol. The second-order valence-corrected chi connectivity index (χ2v) is 4.19. The molecule has 1 N–H and O–H groups in total. The van der Waals surface area contributed by atoms with Gasteiger partial charge in [-0.3, -0.25) is 4.79 Å². The second kappa shape index (κ2) is 5.54. The average Bonchev–Trinajstić information content (AvgIpc) is 2.21. The predicted molar refractivity (Wildman–Crippen MR) is 69.0 cm³/mol. The van der Waals surface area contributed by atoms with Crippen molar-refractivity contribution in [3.8, 4) is 0 Å². The number of carbonyl (C=O) groups is 1. The molecule has 0 aliphatic heterocycles. The molecule has 1 rings (SSSR count). The van der Waals surface area contributed by atoms with Gasteiger partial charge in [0, 0.05) is 31.9 Å². The van der Waals surface area contributed by atoms with Gasteiger partial charge in [-0.2, -0.15) is 0 Å².